The van der Waals surface area contributed by atoms with Crippen LogP contribution in [-0.2, 0) is 0 Å². The van der Waals surface area contributed by atoms with Gasteiger partial charge in [-0.05, 0) is 66.3 Å². The molecule has 0 aromatic carbocycles. The Labute approximate surface area is 84.6 Å². The van der Waals surface area contributed by atoms with Gasteiger partial charge >= 0.3 is 0 Å². The van der Waals surface area contributed by atoms with E-state index in [-0.39, 0.29) is 0 Å². The van der Waals surface area contributed by atoms with E-state index in [0.29, 0.717) is 0 Å². The summed E-state index contributed by atoms with van der Waals surface area (Å²) < 4.78 is 2.69. The van der Waals surface area contributed by atoms with Gasteiger partial charge in [0.25, 0.3) is 0 Å². The third-order valence-electron chi connectivity index (χ3n) is 1.07. The minimum atomic E-state index is 0.833. The Morgan fingerprint density at radius 3 is 2.40 bits per heavy atom. The zero-order chi connectivity index (χ0) is 7.72. The van der Waals surface area contributed by atoms with Crippen molar-refractivity contribution in [3.05, 3.63) is 25.3 Å². The Hall–Kier alpha value is 0.590. The monoisotopic (exact) mass is 327 g/mol. The van der Waals surface area contributed by atoms with Gasteiger partial charge in [0, 0.05) is 0 Å². The molecule has 0 aliphatic rings. The maximum Gasteiger partial charge on any atom is 0.121 e. The van der Waals surface area contributed by atoms with Crippen LogP contribution >= 0.6 is 47.8 Å². The smallest absolute Gasteiger partial charge is 0.121 e. The molecule has 10 heavy (non-hydrogen) atoms. The van der Waals surface area contributed by atoms with Crippen molar-refractivity contribution < 1.29 is 0 Å². The van der Waals surface area contributed by atoms with E-state index in [2.05, 4.69) is 52.8 Å². The SMILES string of the molecule is Cc1cc(Br)nc(Br)c1Br. The third-order valence-corrected chi connectivity index (χ3v) is 3.58. The molecular weight excluding hydrogens is 326 g/mol. The molecule has 0 aliphatic carbocycles. The topological polar surface area (TPSA) is 12.9 Å². The zero-order valence-electron chi connectivity index (χ0n) is 5.16. The molecule has 0 saturated heterocycles. The lowest BCUT2D eigenvalue weighted by molar-refractivity contribution is 1.18. The highest BCUT2D eigenvalue weighted by Crippen LogP contribution is 2.26. The summed E-state index contributed by atoms with van der Waals surface area (Å²) in [6.07, 6.45) is 0. The lowest BCUT2D eigenvalue weighted by Crippen LogP contribution is -1.83. The Bertz CT molecular complexity index is 236. The second-order valence-corrected chi connectivity index (χ2v) is 4.22. The van der Waals surface area contributed by atoms with Gasteiger partial charge in [-0.2, -0.15) is 0 Å². The first-order valence-corrected chi connectivity index (χ1v) is 4.97. The van der Waals surface area contributed by atoms with Crippen molar-refractivity contribution >= 4 is 47.8 Å². The first-order chi connectivity index (χ1) is 4.61. The van der Waals surface area contributed by atoms with Gasteiger partial charge in [-0.3, -0.25) is 0 Å². The lowest BCUT2D eigenvalue weighted by Gasteiger charge is -1.99. The highest BCUT2D eigenvalue weighted by Gasteiger charge is 2.01. The first-order valence-electron chi connectivity index (χ1n) is 2.59. The van der Waals surface area contributed by atoms with E-state index >= 15 is 0 Å². The van der Waals surface area contributed by atoms with Gasteiger partial charge in [-0.1, -0.05) is 0 Å². The van der Waals surface area contributed by atoms with Gasteiger partial charge in [-0.25, -0.2) is 4.98 Å². The van der Waals surface area contributed by atoms with Gasteiger partial charge in [0.05, 0.1) is 4.47 Å². The molecule has 1 heterocycles. The molecule has 0 fully saturated rings. The summed E-state index contributed by atoms with van der Waals surface area (Å²) in [5, 5.41) is 0. The fraction of sp³-hybridized carbons (Fsp3) is 0.167. The van der Waals surface area contributed by atoms with Crippen molar-refractivity contribution in [3.63, 3.8) is 0 Å². The molecule has 1 aromatic rings. The van der Waals surface area contributed by atoms with Crippen LogP contribution in [0.1, 0.15) is 5.56 Å². The Balaban J connectivity index is 3.31. The van der Waals surface area contributed by atoms with E-state index in [1.165, 1.54) is 0 Å². The molecule has 0 spiro atoms. The van der Waals surface area contributed by atoms with E-state index in [9.17, 15) is 0 Å². The molecular formula is C6H4Br3N. The second-order valence-electron chi connectivity index (χ2n) is 1.87. The minimum Gasteiger partial charge on any atom is -0.233 e. The highest BCUT2D eigenvalue weighted by atomic mass is 79.9. The van der Waals surface area contributed by atoms with Crippen LogP contribution in [0.5, 0.6) is 0 Å². The Morgan fingerprint density at radius 2 is 1.90 bits per heavy atom. The van der Waals surface area contributed by atoms with Crippen molar-refractivity contribution in [1.82, 2.24) is 4.98 Å². The number of aromatic nitrogens is 1. The fourth-order valence-electron chi connectivity index (χ4n) is 0.580. The van der Waals surface area contributed by atoms with E-state index < -0.39 is 0 Å². The van der Waals surface area contributed by atoms with E-state index in [1.54, 1.807) is 0 Å². The van der Waals surface area contributed by atoms with Crippen LogP contribution in [-0.4, -0.2) is 4.98 Å². The largest absolute Gasteiger partial charge is 0.233 e. The average molecular weight is 330 g/mol. The Morgan fingerprint density at radius 1 is 1.30 bits per heavy atom. The lowest BCUT2D eigenvalue weighted by atomic mass is 10.3. The van der Waals surface area contributed by atoms with Crippen LogP contribution in [0, 0.1) is 6.92 Å². The molecule has 0 N–H and O–H groups in total. The van der Waals surface area contributed by atoms with Gasteiger partial charge < -0.3 is 0 Å². The Kier molecular flexibility index (Phi) is 2.89. The molecule has 0 amide bonds. The van der Waals surface area contributed by atoms with Gasteiger partial charge in [-0.15, -0.1) is 0 Å². The van der Waals surface area contributed by atoms with E-state index in [0.717, 1.165) is 19.2 Å². The van der Waals surface area contributed by atoms with Crippen LogP contribution in [0.3, 0.4) is 0 Å². The minimum absolute atomic E-state index is 0.833. The third kappa shape index (κ3) is 1.80. The van der Waals surface area contributed by atoms with Gasteiger partial charge in [0.15, 0.2) is 0 Å². The zero-order valence-corrected chi connectivity index (χ0v) is 9.92. The number of hydrogen-bond donors (Lipinski definition) is 0. The van der Waals surface area contributed by atoms with Gasteiger partial charge in [0.1, 0.15) is 9.21 Å². The van der Waals surface area contributed by atoms with Crippen molar-refractivity contribution in [3.8, 4) is 0 Å². The molecule has 1 rings (SSSR count). The molecule has 1 aromatic heterocycles. The normalized spacial score (nSPS) is 10.0. The number of nitrogens with zero attached hydrogens (tertiary/aromatic N) is 1. The summed E-state index contributed by atoms with van der Waals surface area (Å²) in [7, 11) is 0. The van der Waals surface area contributed by atoms with Crippen LogP contribution in [0.15, 0.2) is 19.7 Å². The summed E-state index contributed by atoms with van der Waals surface area (Å²) in [5.41, 5.74) is 1.16. The van der Waals surface area contributed by atoms with Crippen molar-refractivity contribution in [2.24, 2.45) is 0 Å². The number of rotatable bonds is 0. The average Bonchev–Trinajstić information content (AvgIpc) is 1.82. The van der Waals surface area contributed by atoms with Crippen LogP contribution < -0.4 is 0 Å². The highest BCUT2D eigenvalue weighted by molar-refractivity contribution is 9.13. The molecule has 4 heteroatoms. The van der Waals surface area contributed by atoms with Crippen LogP contribution in [0.2, 0.25) is 0 Å². The molecule has 0 atom stereocenters. The van der Waals surface area contributed by atoms with E-state index in [1.807, 2.05) is 13.0 Å². The first kappa shape index (κ1) is 8.68. The quantitative estimate of drug-likeness (QED) is 0.662. The predicted octanol–water partition coefficient (Wildman–Crippen LogP) is 3.68. The number of aryl methyl sites for hydroxylation is 1. The molecule has 0 aliphatic heterocycles. The van der Waals surface area contributed by atoms with E-state index in [4.69, 9.17) is 0 Å². The standard InChI is InChI=1S/C6H4Br3N/c1-3-2-4(7)10-6(9)5(3)8/h2H,1H3. The number of pyridine rings is 1. The van der Waals surface area contributed by atoms with Crippen molar-refractivity contribution in [1.29, 1.82) is 0 Å². The predicted molar refractivity (Wildman–Crippen MR) is 52.1 cm³/mol. The molecule has 0 unspecified atom stereocenters. The van der Waals surface area contributed by atoms with Gasteiger partial charge in [0.2, 0.25) is 0 Å². The maximum atomic E-state index is 4.12. The fourth-order valence-corrected chi connectivity index (χ4v) is 2.05. The van der Waals surface area contributed by atoms with Crippen molar-refractivity contribution in [2.45, 2.75) is 6.92 Å². The summed E-state index contributed by atoms with van der Waals surface area (Å²) in [6, 6.07) is 1.95. The summed E-state index contributed by atoms with van der Waals surface area (Å²) in [4.78, 5) is 4.12. The molecule has 0 bridgehead atoms. The van der Waals surface area contributed by atoms with Crippen LogP contribution in [0.25, 0.3) is 0 Å². The van der Waals surface area contributed by atoms with Crippen LogP contribution in [0.4, 0.5) is 0 Å². The second kappa shape index (κ2) is 3.32. The number of halogens is 3. The summed E-state index contributed by atoms with van der Waals surface area (Å²) in [6.45, 7) is 2.02. The molecule has 1 nitrogen and oxygen atoms in total. The molecule has 54 valence electrons. The number of hydrogen-bond acceptors (Lipinski definition) is 1. The van der Waals surface area contributed by atoms with Crippen molar-refractivity contribution in [2.75, 3.05) is 0 Å². The maximum absolute atomic E-state index is 4.12. The summed E-state index contributed by atoms with van der Waals surface area (Å²) in [5.74, 6) is 0. The molecule has 0 saturated carbocycles. The summed E-state index contributed by atoms with van der Waals surface area (Å²) >= 11 is 9.98. The molecule has 0 radical (unpaired) electrons.